The van der Waals surface area contributed by atoms with E-state index in [1.165, 1.54) is 0 Å². The second-order valence-corrected chi connectivity index (χ2v) is 3.31. The highest BCUT2D eigenvalue weighted by Crippen LogP contribution is 2.01. The van der Waals surface area contributed by atoms with Gasteiger partial charge in [-0.25, -0.2) is 0 Å². The van der Waals surface area contributed by atoms with Gasteiger partial charge >= 0.3 is 0 Å². The third-order valence-corrected chi connectivity index (χ3v) is 2.20. The zero-order chi connectivity index (χ0) is 10.9. The molecule has 0 spiro atoms. The molecule has 0 aromatic carbocycles. The number of rotatable bonds is 8. The third-order valence-electron chi connectivity index (χ3n) is 2.20. The molecule has 0 amide bonds. The van der Waals surface area contributed by atoms with Gasteiger partial charge in [-0.15, -0.1) is 0 Å². The number of hydrogen-bond acceptors (Lipinski definition) is 3. The number of aliphatic hydroxyl groups is 1. The van der Waals surface area contributed by atoms with E-state index in [1.807, 2.05) is 22.9 Å². The van der Waals surface area contributed by atoms with E-state index >= 15 is 0 Å². The maximum atomic E-state index is 9.00. The van der Waals surface area contributed by atoms with E-state index in [0.29, 0.717) is 6.61 Å². The van der Waals surface area contributed by atoms with E-state index in [2.05, 4.69) is 0 Å². The van der Waals surface area contributed by atoms with Crippen LogP contribution in [0.15, 0.2) is 18.3 Å². The summed E-state index contributed by atoms with van der Waals surface area (Å²) in [6, 6.07) is 3.83. The molecular formula is C11H19NO3. The van der Waals surface area contributed by atoms with Gasteiger partial charge in [-0.1, -0.05) is 0 Å². The largest absolute Gasteiger partial charge is 0.390 e. The molecule has 4 heteroatoms. The van der Waals surface area contributed by atoms with Crippen molar-refractivity contribution in [1.29, 1.82) is 0 Å². The van der Waals surface area contributed by atoms with Gasteiger partial charge in [0.25, 0.3) is 0 Å². The number of aromatic nitrogens is 1. The van der Waals surface area contributed by atoms with E-state index in [9.17, 15) is 0 Å². The molecule has 1 aromatic rings. The van der Waals surface area contributed by atoms with Crippen LogP contribution in [0.1, 0.15) is 12.1 Å². The van der Waals surface area contributed by atoms with E-state index in [0.717, 1.165) is 31.9 Å². The molecule has 0 atom stereocenters. The van der Waals surface area contributed by atoms with Gasteiger partial charge in [0.05, 0.1) is 13.2 Å². The first kappa shape index (κ1) is 12.2. The summed E-state index contributed by atoms with van der Waals surface area (Å²) in [5.41, 5.74) is 0.926. The second kappa shape index (κ2) is 7.45. The number of aliphatic hydroxyl groups excluding tert-OH is 1. The number of nitrogens with zero attached hydrogens (tertiary/aromatic N) is 1. The van der Waals surface area contributed by atoms with Gasteiger partial charge in [0.1, 0.15) is 0 Å². The lowest BCUT2D eigenvalue weighted by Crippen LogP contribution is -2.09. The summed E-state index contributed by atoms with van der Waals surface area (Å²) in [6.45, 7) is 3.01. The van der Waals surface area contributed by atoms with Crippen LogP contribution in [0.3, 0.4) is 0 Å². The van der Waals surface area contributed by atoms with Crippen molar-refractivity contribution >= 4 is 0 Å². The summed E-state index contributed by atoms with van der Waals surface area (Å²) >= 11 is 0. The molecule has 0 saturated carbocycles. The van der Waals surface area contributed by atoms with Crippen molar-refractivity contribution in [3.05, 3.63) is 24.0 Å². The Morgan fingerprint density at radius 3 is 2.93 bits per heavy atom. The average Bonchev–Trinajstić information content (AvgIpc) is 2.70. The van der Waals surface area contributed by atoms with Crippen LogP contribution in [0, 0.1) is 0 Å². The molecule has 0 saturated heterocycles. The number of hydrogen-bond donors (Lipinski definition) is 1. The first-order valence-electron chi connectivity index (χ1n) is 5.20. The van der Waals surface area contributed by atoms with Crippen molar-refractivity contribution in [2.24, 2.45) is 0 Å². The van der Waals surface area contributed by atoms with Crippen LogP contribution in [-0.4, -0.2) is 36.6 Å². The summed E-state index contributed by atoms with van der Waals surface area (Å²) in [6.07, 6.45) is 2.87. The van der Waals surface area contributed by atoms with Crippen molar-refractivity contribution in [2.45, 2.75) is 19.6 Å². The molecule has 0 radical (unpaired) electrons. The fourth-order valence-electron chi connectivity index (χ4n) is 1.38. The molecule has 0 aliphatic heterocycles. The minimum absolute atomic E-state index is 0.0800. The van der Waals surface area contributed by atoms with Crippen LogP contribution in [0.2, 0.25) is 0 Å². The zero-order valence-electron chi connectivity index (χ0n) is 9.19. The lowest BCUT2D eigenvalue weighted by molar-refractivity contribution is 0.0968. The lowest BCUT2D eigenvalue weighted by Gasteiger charge is -2.08. The summed E-state index contributed by atoms with van der Waals surface area (Å²) in [5.74, 6) is 0. The molecule has 1 aromatic heterocycles. The van der Waals surface area contributed by atoms with Gasteiger partial charge in [0.15, 0.2) is 0 Å². The topological polar surface area (TPSA) is 43.6 Å². The van der Waals surface area contributed by atoms with E-state index in [1.54, 1.807) is 7.11 Å². The van der Waals surface area contributed by atoms with Crippen molar-refractivity contribution in [3.63, 3.8) is 0 Å². The molecule has 86 valence electrons. The molecule has 15 heavy (non-hydrogen) atoms. The lowest BCUT2D eigenvalue weighted by atomic mass is 10.4. The van der Waals surface area contributed by atoms with E-state index in [-0.39, 0.29) is 6.61 Å². The SMILES string of the molecule is COCCCOCCn1cccc1CO. The molecule has 0 aliphatic rings. The van der Waals surface area contributed by atoms with Gasteiger partial charge in [0, 0.05) is 38.8 Å². The first-order chi connectivity index (χ1) is 7.38. The molecule has 1 rings (SSSR count). The van der Waals surface area contributed by atoms with Crippen LogP contribution in [0.4, 0.5) is 0 Å². The number of ether oxygens (including phenoxy) is 2. The summed E-state index contributed by atoms with van der Waals surface area (Å²) in [5, 5.41) is 9.00. The highest BCUT2D eigenvalue weighted by Gasteiger charge is 1.98. The Hall–Kier alpha value is -0.840. The Morgan fingerprint density at radius 1 is 1.33 bits per heavy atom. The Balaban J connectivity index is 2.09. The fraction of sp³-hybridized carbons (Fsp3) is 0.636. The van der Waals surface area contributed by atoms with Crippen molar-refractivity contribution < 1.29 is 14.6 Å². The van der Waals surface area contributed by atoms with Gasteiger partial charge in [0.2, 0.25) is 0 Å². The molecule has 1 heterocycles. The number of methoxy groups -OCH3 is 1. The Labute approximate surface area is 90.4 Å². The highest BCUT2D eigenvalue weighted by atomic mass is 16.5. The van der Waals surface area contributed by atoms with Crippen LogP contribution >= 0.6 is 0 Å². The summed E-state index contributed by atoms with van der Waals surface area (Å²) in [4.78, 5) is 0. The standard InChI is InChI=1S/C11H19NO3/c1-14-7-3-8-15-9-6-12-5-2-4-11(12)10-13/h2,4-5,13H,3,6-10H2,1H3. The highest BCUT2D eigenvalue weighted by molar-refractivity contribution is 5.05. The van der Waals surface area contributed by atoms with Crippen molar-refractivity contribution in [1.82, 2.24) is 4.57 Å². The maximum absolute atomic E-state index is 9.00. The molecular weight excluding hydrogens is 194 g/mol. The fourth-order valence-corrected chi connectivity index (χ4v) is 1.38. The van der Waals surface area contributed by atoms with Crippen LogP contribution in [-0.2, 0) is 22.6 Å². The predicted octanol–water partition coefficient (Wildman–Crippen LogP) is 1.03. The third kappa shape index (κ3) is 4.46. The minimum atomic E-state index is 0.0800. The maximum Gasteiger partial charge on any atom is 0.0832 e. The zero-order valence-corrected chi connectivity index (χ0v) is 9.19. The first-order valence-corrected chi connectivity index (χ1v) is 5.20. The summed E-state index contributed by atoms with van der Waals surface area (Å²) < 4.78 is 12.3. The molecule has 0 fully saturated rings. The van der Waals surface area contributed by atoms with Crippen LogP contribution in [0.25, 0.3) is 0 Å². The van der Waals surface area contributed by atoms with Gasteiger partial charge in [-0.05, 0) is 18.6 Å². The van der Waals surface area contributed by atoms with Crippen LogP contribution < -0.4 is 0 Å². The Kier molecular flexibility index (Phi) is 6.08. The van der Waals surface area contributed by atoms with E-state index < -0.39 is 0 Å². The quantitative estimate of drug-likeness (QED) is 0.656. The normalized spacial score (nSPS) is 10.8. The van der Waals surface area contributed by atoms with Gasteiger partial charge < -0.3 is 19.1 Å². The second-order valence-electron chi connectivity index (χ2n) is 3.31. The smallest absolute Gasteiger partial charge is 0.0832 e. The Bertz CT molecular complexity index is 260. The van der Waals surface area contributed by atoms with Crippen LogP contribution in [0.5, 0.6) is 0 Å². The van der Waals surface area contributed by atoms with Crippen molar-refractivity contribution in [3.8, 4) is 0 Å². The molecule has 0 unspecified atom stereocenters. The molecule has 1 N–H and O–H groups in total. The molecule has 0 bridgehead atoms. The molecule has 0 aliphatic carbocycles. The average molecular weight is 213 g/mol. The van der Waals surface area contributed by atoms with Gasteiger partial charge in [-0.3, -0.25) is 0 Å². The molecule has 4 nitrogen and oxygen atoms in total. The monoisotopic (exact) mass is 213 g/mol. The Morgan fingerprint density at radius 2 is 2.20 bits per heavy atom. The summed E-state index contributed by atoms with van der Waals surface area (Å²) in [7, 11) is 1.69. The predicted molar refractivity (Wildman–Crippen MR) is 57.7 cm³/mol. The minimum Gasteiger partial charge on any atom is -0.390 e. The van der Waals surface area contributed by atoms with Gasteiger partial charge in [-0.2, -0.15) is 0 Å². The van der Waals surface area contributed by atoms with E-state index in [4.69, 9.17) is 14.6 Å². The van der Waals surface area contributed by atoms with Crippen molar-refractivity contribution in [2.75, 3.05) is 26.9 Å².